The van der Waals surface area contributed by atoms with Gasteiger partial charge in [0.1, 0.15) is 11.5 Å². The zero-order chi connectivity index (χ0) is 15.1. The van der Waals surface area contributed by atoms with E-state index in [0.29, 0.717) is 0 Å². The molecular weight excluding hydrogens is 332 g/mol. The monoisotopic (exact) mass is 348 g/mol. The largest absolute Gasteiger partial charge is 0.497 e. The smallest absolute Gasteiger partial charge is 0.188 e. The highest BCUT2D eigenvalue weighted by Crippen LogP contribution is 2.34. The highest BCUT2D eigenvalue weighted by molar-refractivity contribution is 9.11. The van der Waals surface area contributed by atoms with Gasteiger partial charge in [0.15, 0.2) is 6.79 Å². The highest BCUT2D eigenvalue weighted by atomic mass is 79.9. The van der Waals surface area contributed by atoms with Crippen LogP contribution in [0.4, 0.5) is 0 Å². The van der Waals surface area contributed by atoms with Crippen molar-refractivity contribution in [2.75, 3.05) is 21.0 Å². The zero-order valence-electron chi connectivity index (χ0n) is 12.0. The number of rotatable bonds is 6. The van der Waals surface area contributed by atoms with Crippen LogP contribution in [0.5, 0.6) is 11.5 Å². The van der Waals surface area contributed by atoms with Gasteiger partial charge in [-0.2, -0.15) is 0 Å². The first-order chi connectivity index (χ1) is 10.3. The number of hydrogen-bond acceptors (Lipinski definition) is 3. The lowest BCUT2D eigenvalue weighted by Gasteiger charge is -2.15. The first-order valence-electron chi connectivity index (χ1n) is 6.46. The second-order valence-corrected chi connectivity index (χ2v) is 4.76. The molecule has 0 heterocycles. The molecule has 0 unspecified atom stereocenters. The molecule has 4 heteroatoms. The van der Waals surface area contributed by atoms with E-state index in [0.717, 1.165) is 28.2 Å². The molecule has 0 bridgehead atoms. The van der Waals surface area contributed by atoms with Crippen LogP contribution in [-0.4, -0.2) is 21.0 Å². The van der Waals surface area contributed by atoms with Crippen molar-refractivity contribution in [2.24, 2.45) is 0 Å². The van der Waals surface area contributed by atoms with Gasteiger partial charge in [0.2, 0.25) is 0 Å². The molecule has 110 valence electrons. The first kappa shape index (κ1) is 15.6. The Hall–Kier alpha value is -1.78. The lowest BCUT2D eigenvalue weighted by atomic mass is 9.98. The van der Waals surface area contributed by atoms with Gasteiger partial charge in [-0.15, -0.1) is 0 Å². The summed E-state index contributed by atoms with van der Waals surface area (Å²) in [7, 11) is 3.25. The topological polar surface area (TPSA) is 27.7 Å². The molecule has 0 saturated heterocycles. The third-order valence-electron chi connectivity index (χ3n) is 3.00. The summed E-state index contributed by atoms with van der Waals surface area (Å²) in [6.45, 7) is 0.198. The van der Waals surface area contributed by atoms with Gasteiger partial charge >= 0.3 is 0 Å². The van der Waals surface area contributed by atoms with E-state index in [1.807, 2.05) is 53.5 Å². The summed E-state index contributed by atoms with van der Waals surface area (Å²) in [6.07, 6.45) is 0. The molecule has 0 aliphatic heterocycles. The van der Waals surface area contributed by atoms with E-state index in [9.17, 15) is 0 Å². The molecule has 0 aromatic heterocycles. The Morgan fingerprint density at radius 2 is 1.86 bits per heavy atom. The normalized spacial score (nSPS) is 11.3. The quantitative estimate of drug-likeness (QED) is 0.721. The van der Waals surface area contributed by atoms with Crippen molar-refractivity contribution in [1.29, 1.82) is 0 Å². The Bertz CT molecular complexity index is 609. The lowest BCUT2D eigenvalue weighted by molar-refractivity contribution is 0.0509. The van der Waals surface area contributed by atoms with Gasteiger partial charge in [0, 0.05) is 12.7 Å². The van der Waals surface area contributed by atoms with Gasteiger partial charge in [-0.3, -0.25) is 0 Å². The third kappa shape index (κ3) is 3.86. The molecule has 0 spiro atoms. The summed E-state index contributed by atoms with van der Waals surface area (Å²) in [5.74, 6) is 1.52. The SMILES string of the molecule is COCOc1ccc(OC)cc1C(=CBr)c1ccccc1. The number of hydrogen-bond donors (Lipinski definition) is 0. The molecule has 0 aliphatic carbocycles. The van der Waals surface area contributed by atoms with Crippen LogP contribution >= 0.6 is 15.9 Å². The molecule has 2 rings (SSSR count). The van der Waals surface area contributed by atoms with E-state index in [1.165, 1.54) is 0 Å². The molecule has 0 aliphatic rings. The van der Waals surface area contributed by atoms with E-state index in [-0.39, 0.29) is 6.79 Å². The third-order valence-corrected chi connectivity index (χ3v) is 3.46. The van der Waals surface area contributed by atoms with Crippen LogP contribution in [0.15, 0.2) is 53.5 Å². The predicted molar refractivity (Wildman–Crippen MR) is 87.9 cm³/mol. The first-order valence-corrected chi connectivity index (χ1v) is 7.37. The van der Waals surface area contributed by atoms with Crippen LogP contribution in [0.3, 0.4) is 0 Å². The Morgan fingerprint density at radius 1 is 1.10 bits per heavy atom. The summed E-state index contributed by atoms with van der Waals surface area (Å²) < 4.78 is 16.0. The van der Waals surface area contributed by atoms with Crippen molar-refractivity contribution < 1.29 is 14.2 Å². The second kappa shape index (κ2) is 7.86. The molecule has 0 N–H and O–H groups in total. The van der Waals surface area contributed by atoms with E-state index in [2.05, 4.69) is 15.9 Å². The Kier molecular flexibility index (Phi) is 5.84. The van der Waals surface area contributed by atoms with E-state index in [4.69, 9.17) is 14.2 Å². The fraction of sp³-hybridized carbons (Fsp3) is 0.176. The average molecular weight is 349 g/mol. The van der Waals surface area contributed by atoms with Crippen LogP contribution < -0.4 is 9.47 Å². The van der Waals surface area contributed by atoms with Crippen molar-refractivity contribution >= 4 is 21.5 Å². The minimum atomic E-state index is 0.198. The lowest BCUT2D eigenvalue weighted by Crippen LogP contribution is -2.02. The standard InChI is InChI=1S/C17H17BrO3/c1-19-12-21-17-9-8-14(20-2)10-15(17)16(11-18)13-6-4-3-5-7-13/h3-11H,12H2,1-2H3. The summed E-state index contributed by atoms with van der Waals surface area (Å²) in [5, 5.41) is 0. The Balaban J connectivity index is 2.48. The maximum absolute atomic E-state index is 5.65. The zero-order valence-corrected chi connectivity index (χ0v) is 13.6. The van der Waals surface area contributed by atoms with Crippen molar-refractivity contribution in [3.8, 4) is 11.5 Å². The average Bonchev–Trinajstić information content (AvgIpc) is 2.55. The molecule has 0 atom stereocenters. The van der Waals surface area contributed by atoms with E-state index < -0.39 is 0 Å². The summed E-state index contributed by atoms with van der Waals surface area (Å²) in [5.41, 5.74) is 3.04. The van der Waals surface area contributed by atoms with Gasteiger partial charge in [-0.25, -0.2) is 0 Å². The summed E-state index contributed by atoms with van der Waals surface area (Å²) >= 11 is 3.45. The van der Waals surface area contributed by atoms with Crippen LogP contribution in [0, 0.1) is 0 Å². The molecule has 0 fully saturated rings. The molecule has 0 saturated carbocycles. The Labute approximate surface area is 133 Å². The number of halogens is 1. The molecule has 3 nitrogen and oxygen atoms in total. The van der Waals surface area contributed by atoms with Crippen molar-refractivity contribution in [1.82, 2.24) is 0 Å². The fourth-order valence-corrected chi connectivity index (χ4v) is 2.50. The van der Waals surface area contributed by atoms with Gasteiger partial charge < -0.3 is 14.2 Å². The number of methoxy groups -OCH3 is 2. The minimum Gasteiger partial charge on any atom is -0.497 e. The molecular formula is C17H17BrO3. The van der Waals surface area contributed by atoms with Crippen LogP contribution in [0.1, 0.15) is 11.1 Å². The van der Waals surface area contributed by atoms with E-state index in [1.54, 1.807) is 14.2 Å². The van der Waals surface area contributed by atoms with E-state index >= 15 is 0 Å². The molecule has 21 heavy (non-hydrogen) atoms. The van der Waals surface area contributed by atoms with Crippen molar-refractivity contribution in [3.63, 3.8) is 0 Å². The summed E-state index contributed by atoms with van der Waals surface area (Å²) in [6, 6.07) is 15.8. The number of ether oxygens (including phenoxy) is 3. The molecule has 0 amide bonds. The Morgan fingerprint density at radius 3 is 2.48 bits per heavy atom. The number of benzene rings is 2. The van der Waals surface area contributed by atoms with Crippen LogP contribution in [0.2, 0.25) is 0 Å². The van der Waals surface area contributed by atoms with Crippen LogP contribution in [0.25, 0.3) is 5.57 Å². The van der Waals surface area contributed by atoms with Crippen molar-refractivity contribution in [2.45, 2.75) is 0 Å². The fourth-order valence-electron chi connectivity index (χ4n) is 1.99. The molecule has 0 radical (unpaired) electrons. The highest BCUT2D eigenvalue weighted by Gasteiger charge is 2.12. The minimum absolute atomic E-state index is 0.198. The van der Waals surface area contributed by atoms with Crippen LogP contribution in [-0.2, 0) is 4.74 Å². The molecule has 2 aromatic rings. The maximum Gasteiger partial charge on any atom is 0.188 e. The van der Waals surface area contributed by atoms with Gasteiger partial charge in [-0.05, 0) is 34.3 Å². The second-order valence-electron chi connectivity index (χ2n) is 4.30. The maximum atomic E-state index is 5.65. The summed E-state index contributed by atoms with van der Waals surface area (Å²) in [4.78, 5) is 1.89. The van der Waals surface area contributed by atoms with Gasteiger partial charge in [-0.1, -0.05) is 46.3 Å². The van der Waals surface area contributed by atoms with Crippen molar-refractivity contribution in [3.05, 3.63) is 64.6 Å². The molecule has 2 aromatic carbocycles. The van der Waals surface area contributed by atoms with Gasteiger partial charge in [0.25, 0.3) is 0 Å². The predicted octanol–water partition coefficient (Wildman–Crippen LogP) is 4.46. The van der Waals surface area contributed by atoms with Gasteiger partial charge in [0.05, 0.1) is 7.11 Å².